The topological polar surface area (TPSA) is 76.2 Å². The third-order valence-corrected chi connectivity index (χ3v) is 6.37. The Morgan fingerprint density at radius 1 is 1.23 bits per heavy atom. The van der Waals surface area contributed by atoms with Gasteiger partial charge in [0, 0.05) is 45.2 Å². The summed E-state index contributed by atoms with van der Waals surface area (Å²) < 4.78 is 10.3. The van der Waals surface area contributed by atoms with Crippen LogP contribution in [0.3, 0.4) is 0 Å². The first kappa shape index (κ1) is 22.7. The molecular formula is C22H29ClN2O5. The number of hydrogen-bond acceptors (Lipinski definition) is 5. The van der Waals surface area contributed by atoms with Crippen LogP contribution in [-0.2, 0) is 29.3 Å². The van der Waals surface area contributed by atoms with E-state index < -0.39 is 5.41 Å². The summed E-state index contributed by atoms with van der Waals surface area (Å²) in [7, 11) is 3.17. The lowest BCUT2D eigenvalue weighted by Gasteiger charge is -2.35. The Morgan fingerprint density at radius 3 is 2.70 bits per heavy atom. The van der Waals surface area contributed by atoms with E-state index in [1.807, 2.05) is 0 Å². The van der Waals surface area contributed by atoms with Gasteiger partial charge in [-0.1, -0.05) is 29.8 Å². The van der Waals surface area contributed by atoms with Gasteiger partial charge in [-0.2, -0.15) is 0 Å². The molecule has 3 rings (SSSR count). The van der Waals surface area contributed by atoms with Crippen LogP contribution in [0.1, 0.15) is 31.2 Å². The highest BCUT2D eigenvalue weighted by Crippen LogP contribution is 2.43. The lowest BCUT2D eigenvalue weighted by molar-refractivity contribution is -0.143. The Balaban J connectivity index is 1.90. The Morgan fingerprint density at radius 2 is 2.00 bits per heavy atom. The average molecular weight is 437 g/mol. The number of piperidine rings is 1. The second-order valence-corrected chi connectivity index (χ2v) is 8.47. The van der Waals surface area contributed by atoms with Crippen molar-refractivity contribution >= 4 is 29.3 Å². The molecule has 0 aliphatic carbocycles. The number of carbonyl (C=O) groups excluding carboxylic acids is 3. The minimum atomic E-state index is -1.28. The first-order valence-electron chi connectivity index (χ1n) is 10.3. The van der Waals surface area contributed by atoms with Crippen LogP contribution >= 0.6 is 11.6 Å². The molecule has 0 spiro atoms. The van der Waals surface area contributed by atoms with Crippen LogP contribution in [0.5, 0.6) is 0 Å². The second-order valence-electron chi connectivity index (χ2n) is 8.06. The molecule has 7 nitrogen and oxygen atoms in total. The van der Waals surface area contributed by atoms with Crippen LogP contribution in [0.4, 0.5) is 0 Å². The first-order chi connectivity index (χ1) is 14.4. The predicted molar refractivity (Wildman–Crippen MR) is 112 cm³/mol. The fourth-order valence-electron chi connectivity index (χ4n) is 4.54. The fourth-order valence-corrected chi connectivity index (χ4v) is 4.85. The predicted octanol–water partition coefficient (Wildman–Crippen LogP) is 2.26. The van der Waals surface area contributed by atoms with Gasteiger partial charge in [0.05, 0.1) is 25.2 Å². The van der Waals surface area contributed by atoms with E-state index in [9.17, 15) is 14.4 Å². The standard InChI is InChI=1S/C22H29ClN2O5/c1-29-11-10-25-20(27)13-22(21(25)28,17-7-3-4-8-18(17)23)12-19(26)24-9-5-6-16(14-24)15-30-2/h3-4,7-8,16H,5-6,9-15H2,1-2H3/t16-,22+/m1/s1. The van der Waals surface area contributed by atoms with Crippen molar-refractivity contribution in [2.24, 2.45) is 5.92 Å². The SMILES string of the molecule is COCCN1C(=O)C[C@@](CC(=O)N2CCC[C@@H](COC)C2)(c2ccccc2Cl)C1=O. The van der Waals surface area contributed by atoms with Crippen molar-refractivity contribution in [3.8, 4) is 0 Å². The molecule has 0 radical (unpaired) electrons. The van der Waals surface area contributed by atoms with E-state index in [1.165, 1.54) is 12.0 Å². The van der Waals surface area contributed by atoms with Crippen LogP contribution in [-0.4, -0.2) is 74.6 Å². The number of amides is 3. The Bertz CT molecular complexity index is 799. The van der Waals surface area contributed by atoms with Crippen molar-refractivity contribution in [1.82, 2.24) is 9.80 Å². The lowest BCUT2D eigenvalue weighted by Crippen LogP contribution is -2.47. The Hall–Kier alpha value is -1.96. The number of methoxy groups -OCH3 is 2. The first-order valence-corrected chi connectivity index (χ1v) is 10.7. The maximum Gasteiger partial charge on any atom is 0.241 e. The molecule has 1 aromatic carbocycles. The zero-order valence-electron chi connectivity index (χ0n) is 17.6. The number of halogens is 1. The van der Waals surface area contributed by atoms with Crippen LogP contribution in [0, 0.1) is 5.92 Å². The number of imide groups is 1. The molecule has 0 N–H and O–H groups in total. The summed E-state index contributed by atoms with van der Waals surface area (Å²) in [6.45, 7) is 2.25. The van der Waals surface area contributed by atoms with E-state index in [4.69, 9.17) is 21.1 Å². The molecule has 30 heavy (non-hydrogen) atoms. The Kier molecular flexibility index (Phi) is 7.50. The average Bonchev–Trinajstić information content (AvgIpc) is 2.97. The minimum Gasteiger partial charge on any atom is -0.384 e. The molecule has 1 aromatic rings. The zero-order chi connectivity index (χ0) is 21.7. The van der Waals surface area contributed by atoms with E-state index in [0.717, 1.165) is 12.8 Å². The molecule has 164 valence electrons. The summed E-state index contributed by atoms with van der Waals surface area (Å²) in [5.41, 5.74) is -0.752. The van der Waals surface area contributed by atoms with E-state index in [1.54, 1.807) is 36.3 Å². The number of carbonyl (C=O) groups is 3. The fraction of sp³-hybridized carbons (Fsp3) is 0.591. The smallest absolute Gasteiger partial charge is 0.241 e. The largest absolute Gasteiger partial charge is 0.384 e. The number of likely N-dealkylation sites (tertiary alicyclic amines) is 2. The molecule has 2 aliphatic rings. The number of ether oxygens (including phenoxy) is 2. The van der Waals surface area contributed by atoms with Gasteiger partial charge in [-0.3, -0.25) is 19.3 Å². The van der Waals surface area contributed by atoms with E-state index in [2.05, 4.69) is 0 Å². The number of hydrogen-bond donors (Lipinski definition) is 0. The van der Waals surface area contributed by atoms with Gasteiger partial charge in [0.15, 0.2) is 0 Å². The molecule has 0 aromatic heterocycles. The molecule has 2 aliphatic heterocycles. The van der Waals surface area contributed by atoms with Crippen molar-refractivity contribution in [3.05, 3.63) is 34.9 Å². The molecule has 3 amide bonds. The van der Waals surface area contributed by atoms with E-state index in [-0.39, 0.29) is 49.6 Å². The summed E-state index contributed by atoms with van der Waals surface area (Å²) in [4.78, 5) is 42.5. The van der Waals surface area contributed by atoms with Gasteiger partial charge in [0.1, 0.15) is 0 Å². The highest BCUT2D eigenvalue weighted by atomic mass is 35.5. The molecular weight excluding hydrogens is 408 g/mol. The van der Waals surface area contributed by atoms with Gasteiger partial charge in [0.2, 0.25) is 17.7 Å². The van der Waals surface area contributed by atoms with Crippen molar-refractivity contribution in [1.29, 1.82) is 0 Å². The molecule has 2 atom stereocenters. The van der Waals surface area contributed by atoms with Crippen molar-refractivity contribution in [2.45, 2.75) is 31.1 Å². The van der Waals surface area contributed by atoms with E-state index in [0.29, 0.717) is 30.3 Å². The normalized spacial score (nSPS) is 24.6. The summed E-state index contributed by atoms with van der Waals surface area (Å²) >= 11 is 6.44. The number of benzene rings is 1. The van der Waals surface area contributed by atoms with Crippen LogP contribution in [0.15, 0.2) is 24.3 Å². The van der Waals surface area contributed by atoms with Gasteiger partial charge in [0.25, 0.3) is 0 Å². The van der Waals surface area contributed by atoms with Gasteiger partial charge in [-0.05, 0) is 30.4 Å². The highest BCUT2D eigenvalue weighted by molar-refractivity contribution is 6.32. The number of nitrogens with zero attached hydrogens (tertiary/aromatic N) is 2. The quantitative estimate of drug-likeness (QED) is 0.584. The van der Waals surface area contributed by atoms with Gasteiger partial charge >= 0.3 is 0 Å². The monoisotopic (exact) mass is 436 g/mol. The summed E-state index contributed by atoms with van der Waals surface area (Å²) in [5, 5.41) is 0.385. The van der Waals surface area contributed by atoms with Crippen molar-refractivity contribution in [3.63, 3.8) is 0 Å². The van der Waals surface area contributed by atoms with Crippen molar-refractivity contribution < 1.29 is 23.9 Å². The van der Waals surface area contributed by atoms with Gasteiger partial charge in [-0.25, -0.2) is 0 Å². The maximum atomic E-state index is 13.5. The second kappa shape index (κ2) is 9.90. The molecule has 2 saturated heterocycles. The third-order valence-electron chi connectivity index (χ3n) is 6.04. The molecule has 2 fully saturated rings. The van der Waals surface area contributed by atoms with E-state index >= 15 is 0 Å². The Labute approximate surface area is 182 Å². The van der Waals surface area contributed by atoms with Gasteiger partial charge < -0.3 is 14.4 Å². The lowest BCUT2D eigenvalue weighted by atomic mass is 9.75. The number of rotatable bonds is 8. The van der Waals surface area contributed by atoms with Gasteiger partial charge in [-0.15, -0.1) is 0 Å². The third kappa shape index (κ3) is 4.53. The molecule has 8 heteroatoms. The molecule has 0 bridgehead atoms. The minimum absolute atomic E-state index is 0.0691. The van der Waals surface area contributed by atoms with Crippen molar-refractivity contribution in [2.75, 3.05) is 47.1 Å². The van der Waals surface area contributed by atoms with Crippen LogP contribution in [0.25, 0.3) is 0 Å². The summed E-state index contributed by atoms with van der Waals surface area (Å²) in [6.07, 6.45) is 1.76. The van der Waals surface area contributed by atoms with Crippen LogP contribution < -0.4 is 0 Å². The molecule has 0 unspecified atom stereocenters. The highest BCUT2D eigenvalue weighted by Gasteiger charge is 2.54. The molecule has 0 saturated carbocycles. The zero-order valence-corrected chi connectivity index (χ0v) is 18.3. The summed E-state index contributed by atoms with van der Waals surface area (Å²) in [5.74, 6) is -0.536. The summed E-state index contributed by atoms with van der Waals surface area (Å²) in [6, 6.07) is 6.97. The van der Waals surface area contributed by atoms with Crippen LogP contribution in [0.2, 0.25) is 5.02 Å². The maximum absolute atomic E-state index is 13.5. The molecule has 2 heterocycles.